The van der Waals surface area contributed by atoms with Crippen molar-refractivity contribution in [2.75, 3.05) is 12.4 Å². The molecule has 1 heterocycles. The molecule has 0 bridgehead atoms. The first-order chi connectivity index (χ1) is 16.0. The van der Waals surface area contributed by atoms with E-state index in [1.807, 2.05) is 37.3 Å². The highest BCUT2D eigenvalue weighted by Gasteiger charge is 2.44. The minimum atomic E-state index is -0.307. The molecule has 0 radical (unpaired) electrons. The number of benzene rings is 2. The molecule has 33 heavy (non-hydrogen) atoms. The van der Waals surface area contributed by atoms with E-state index >= 15 is 0 Å². The van der Waals surface area contributed by atoms with Gasteiger partial charge in [-0.05, 0) is 50.3 Å². The van der Waals surface area contributed by atoms with Crippen molar-refractivity contribution in [1.29, 1.82) is 0 Å². The van der Waals surface area contributed by atoms with Crippen molar-refractivity contribution in [3.05, 3.63) is 75.6 Å². The maximum absolute atomic E-state index is 14.3. The first-order valence-corrected chi connectivity index (χ1v) is 12.6. The highest BCUT2D eigenvalue weighted by Crippen LogP contribution is 2.50. The zero-order valence-electron chi connectivity index (χ0n) is 19.1. The summed E-state index contributed by atoms with van der Waals surface area (Å²) >= 11 is 1.27. The fraction of sp³-hybridized carbons (Fsp3) is 0.370. The Morgan fingerprint density at radius 3 is 2.61 bits per heavy atom. The van der Waals surface area contributed by atoms with E-state index < -0.39 is 0 Å². The molecule has 5 nitrogen and oxygen atoms in total. The van der Waals surface area contributed by atoms with E-state index in [2.05, 4.69) is 18.2 Å². The molecule has 5 rings (SSSR count). The monoisotopic (exact) mass is 460 g/mol. The fourth-order valence-electron chi connectivity index (χ4n) is 5.46. The number of aromatic nitrogens is 2. The van der Waals surface area contributed by atoms with Gasteiger partial charge in [0.2, 0.25) is 0 Å². The minimum absolute atomic E-state index is 0.00272. The van der Waals surface area contributed by atoms with Gasteiger partial charge in [0.25, 0.3) is 5.56 Å². The molecule has 0 N–H and O–H groups in total. The van der Waals surface area contributed by atoms with Crippen LogP contribution >= 0.6 is 11.8 Å². The van der Waals surface area contributed by atoms with Crippen molar-refractivity contribution in [2.24, 2.45) is 0 Å². The Balaban J connectivity index is 1.77. The number of para-hydroxylation sites is 1. The number of carbonyl (C=O) groups is 1. The molecule has 0 saturated heterocycles. The molecule has 3 aromatic rings. The van der Waals surface area contributed by atoms with Gasteiger partial charge in [-0.2, -0.15) is 0 Å². The van der Waals surface area contributed by atoms with E-state index in [1.165, 1.54) is 17.3 Å². The van der Waals surface area contributed by atoms with Crippen LogP contribution in [0.15, 0.2) is 58.5 Å². The Labute approximate surface area is 198 Å². The third kappa shape index (κ3) is 3.80. The standard InChI is InChI=1S/C27H28N2O3S/c1-3-32-22(30)17-33-26-28-24-20-12-6-5-11-19(20)16-27(14-8-9-15-27)23(24)25(31)29(26)21-13-7-4-10-18(21)2/h4-7,10-13H,3,8-9,14-17H2,1-2H3. The van der Waals surface area contributed by atoms with Gasteiger partial charge in [-0.1, -0.05) is 67.1 Å². The Hall–Kier alpha value is -2.86. The number of rotatable bonds is 5. The molecular formula is C27H28N2O3S. The van der Waals surface area contributed by atoms with Gasteiger partial charge in [0.1, 0.15) is 0 Å². The second kappa shape index (κ2) is 8.82. The molecular weight excluding hydrogens is 432 g/mol. The van der Waals surface area contributed by atoms with Crippen molar-refractivity contribution in [2.45, 2.75) is 56.5 Å². The number of fused-ring (bicyclic) bond motifs is 4. The third-order valence-corrected chi connectivity index (χ3v) is 7.84. The number of thioether (sulfide) groups is 1. The third-order valence-electron chi connectivity index (χ3n) is 6.93. The van der Waals surface area contributed by atoms with Crippen molar-refractivity contribution in [3.8, 4) is 16.9 Å². The zero-order chi connectivity index (χ0) is 23.0. The maximum atomic E-state index is 14.3. The van der Waals surface area contributed by atoms with E-state index in [1.54, 1.807) is 11.5 Å². The number of aryl methyl sites for hydroxylation is 1. The zero-order valence-corrected chi connectivity index (χ0v) is 19.9. The number of nitrogens with zero attached hydrogens (tertiary/aromatic N) is 2. The minimum Gasteiger partial charge on any atom is -0.465 e. The summed E-state index contributed by atoms with van der Waals surface area (Å²) in [5.41, 5.74) is 5.58. The largest absolute Gasteiger partial charge is 0.465 e. The van der Waals surface area contributed by atoms with E-state index in [9.17, 15) is 9.59 Å². The molecule has 1 spiro atoms. The van der Waals surface area contributed by atoms with Crippen LogP contribution in [0.5, 0.6) is 0 Å². The van der Waals surface area contributed by atoms with Gasteiger partial charge in [-0.25, -0.2) is 4.98 Å². The van der Waals surface area contributed by atoms with Crippen LogP contribution in [0.1, 0.15) is 49.3 Å². The predicted octanol–water partition coefficient (Wildman–Crippen LogP) is 5.23. The number of hydrogen-bond donors (Lipinski definition) is 0. The molecule has 6 heteroatoms. The summed E-state index contributed by atoms with van der Waals surface area (Å²) in [5, 5.41) is 0.533. The van der Waals surface area contributed by atoms with E-state index in [4.69, 9.17) is 9.72 Å². The lowest BCUT2D eigenvalue weighted by Crippen LogP contribution is -2.40. The number of hydrogen-bond acceptors (Lipinski definition) is 5. The van der Waals surface area contributed by atoms with Crippen molar-refractivity contribution in [1.82, 2.24) is 9.55 Å². The summed E-state index contributed by atoms with van der Waals surface area (Å²) < 4.78 is 6.86. The van der Waals surface area contributed by atoms with Crippen LogP contribution in [0, 0.1) is 6.92 Å². The molecule has 2 aromatic carbocycles. The Kier molecular flexibility index (Phi) is 5.87. The summed E-state index contributed by atoms with van der Waals surface area (Å²) in [7, 11) is 0. The van der Waals surface area contributed by atoms with Gasteiger partial charge in [0.15, 0.2) is 5.16 Å². The quantitative estimate of drug-likeness (QED) is 0.296. The van der Waals surface area contributed by atoms with Crippen LogP contribution in [0.25, 0.3) is 16.9 Å². The van der Waals surface area contributed by atoms with Crippen LogP contribution in [0.3, 0.4) is 0 Å². The van der Waals surface area contributed by atoms with E-state index in [-0.39, 0.29) is 22.7 Å². The number of ether oxygens (including phenoxy) is 1. The van der Waals surface area contributed by atoms with Gasteiger partial charge in [-0.15, -0.1) is 0 Å². The normalized spacial score (nSPS) is 15.8. The lowest BCUT2D eigenvalue weighted by Gasteiger charge is -2.36. The number of esters is 1. The molecule has 2 aliphatic rings. The lowest BCUT2D eigenvalue weighted by atomic mass is 9.68. The van der Waals surface area contributed by atoms with Crippen LogP contribution in [-0.2, 0) is 21.4 Å². The smallest absolute Gasteiger partial charge is 0.316 e. The summed E-state index contributed by atoms with van der Waals surface area (Å²) in [6, 6.07) is 16.2. The van der Waals surface area contributed by atoms with Gasteiger partial charge in [0, 0.05) is 11.0 Å². The van der Waals surface area contributed by atoms with Gasteiger partial charge < -0.3 is 4.74 Å². The Morgan fingerprint density at radius 2 is 1.85 bits per heavy atom. The average Bonchev–Trinajstić information content (AvgIpc) is 3.27. The van der Waals surface area contributed by atoms with Gasteiger partial charge >= 0.3 is 5.97 Å². The molecule has 1 fully saturated rings. The average molecular weight is 461 g/mol. The molecule has 0 unspecified atom stereocenters. The molecule has 0 atom stereocenters. The lowest BCUT2D eigenvalue weighted by molar-refractivity contribution is -0.139. The highest BCUT2D eigenvalue weighted by molar-refractivity contribution is 7.99. The Morgan fingerprint density at radius 1 is 1.12 bits per heavy atom. The highest BCUT2D eigenvalue weighted by atomic mass is 32.2. The molecule has 0 amide bonds. The second-order valence-electron chi connectivity index (χ2n) is 8.96. The van der Waals surface area contributed by atoms with Crippen LogP contribution in [-0.4, -0.2) is 27.9 Å². The fourth-order valence-corrected chi connectivity index (χ4v) is 6.26. The predicted molar refractivity (Wildman–Crippen MR) is 131 cm³/mol. The first kappa shape index (κ1) is 22.0. The maximum Gasteiger partial charge on any atom is 0.316 e. The molecule has 1 aromatic heterocycles. The SMILES string of the molecule is CCOC(=O)CSc1nc2c(c(=O)n1-c1ccccc1C)C1(CCCC1)Cc1ccccc1-2. The summed E-state index contributed by atoms with van der Waals surface area (Å²) in [5.74, 6) is -0.198. The van der Waals surface area contributed by atoms with E-state index in [0.29, 0.717) is 11.8 Å². The van der Waals surface area contributed by atoms with Crippen molar-refractivity contribution < 1.29 is 9.53 Å². The van der Waals surface area contributed by atoms with Crippen molar-refractivity contribution >= 4 is 17.7 Å². The van der Waals surface area contributed by atoms with Crippen LogP contribution in [0.4, 0.5) is 0 Å². The molecule has 0 aliphatic heterocycles. The molecule has 2 aliphatic carbocycles. The van der Waals surface area contributed by atoms with Crippen molar-refractivity contribution in [3.63, 3.8) is 0 Å². The van der Waals surface area contributed by atoms with Gasteiger partial charge in [0.05, 0.1) is 29.3 Å². The summed E-state index contributed by atoms with van der Waals surface area (Å²) in [4.78, 5) is 31.6. The second-order valence-corrected chi connectivity index (χ2v) is 9.90. The van der Waals surface area contributed by atoms with E-state index in [0.717, 1.165) is 60.2 Å². The Bertz CT molecular complexity index is 1270. The first-order valence-electron chi connectivity index (χ1n) is 11.6. The van der Waals surface area contributed by atoms with Crippen LogP contribution < -0.4 is 5.56 Å². The van der Waals surface area contributed by atoms with Gasteiger partial charge in [-0.3, -0.25) is 14.2 Å². The molecule has 170 valence electrons. The topological polar surface area (TPSA) is 61.2 Å². The van der Waals surface area contributed by atoms with Crippen LogP contribution in [0.2, 0.25) is 0 Å². The summed E-state index contributed by atoms with van der Waals surface area (Å²) in [6.45, 7) is 4.13. The number of carbonyl (C=O) groups excluding carboxylic acids is 1. The summed E-state index contributed by atoms with van der Waals surface area (Å²) in [6.07, 6.45) is 5.16. The molecule has 1 saturated carbocycles.